The van der Waals surface area contributed by atoms with Gasteiger partial charge in [0.15, 0.2) is 0 Å². The van der Waals surface area contributed by atoms with E-state index in [1.807, 2.05) is 32.0 Å². The molecule has 1 N–H and O–H groups in total. The number of halogens is 1. The molecule has 0 aliphatic heterocycles. The molecule has 0 radical (unpaired) electrons. The SMILES string of the molecule is CCCOc1ccc(C)cc1-c1ccc(C(=O)O)c(COc2ccc(Cl)cc2)n1. The Hall–Kier alpha value is -3.05. The van der Waals surface area contributed by atoms with Gasteiger partial charge in [0.2, 0.25) is 0 Å². The van der Waals surface area contributed by atoms with Gasteiger partial charge in [-0.2, -0.15) is 0 Å². The minimum atomic E-state index is -1.05. The molecule has 0 saturated heterocycles. The van der Waals surface area contributed by atoms with E-state index >= 15 is 0 Å². The number of ether oxygens (including phenoxy) is 2. The summed E-state index contributed by atoms with van der Waals surface area (Å²) < 4.78 is 11.6. The van der Waals surface area contributed by atoms with Crippen molar-refractivity contribution in [1.29, 1.82) is 0 Å². The van der Waals surface area contributed by atoms with Crippen molar-refractivity contribution in [2.75, 3.05) is 6.61 Å². The number of aromatic nitrogens is 1. The maximum Gasteiger partial charge on any atom is 0.337 e. The van der Waals surface area contributed by atoms with Crippen LogP contribution in [0.5, 0.6) is 11.5 Å². The second-order valence-corrected chi connectivity index (χ2v) is 7.02. The highest BCUT2D eigenvalue weighted by Crippen LogP contribution is 2.31. The summed E-state index contributed by atoms with van der Waals surface area (Å²) in [5.41, 5.74) is 2.97. The molecule has 3 rings (SSSR count). The van der Waals surface area contributed by atoms with Crippen LogP contribution in [0.2, 0.25) is 5.02 Å². The van der Waals surface area contributed by atoms with Crippen LogP contribution < -0.4 is 9.47 Å². The number of aryl methyl sites for hydroxylation is 1. The zero-order valence-electron chi connectivity index (χ0n) is 16.3. The van der Waals surface area contributed by atoms with Crippen LogP contribution in [0.15, 0.2) is 54.6 Å². The van der Waals surface area contributed by atoms with Crippen molar-refractivity contribution < 1.29 is 19.4 Å². The zero-order valence-corrected chi connectivity index (χ0v) is 17.1. The van der Waals surface area contributed by atoms with Crippen LogP contribution in [0.1, 0.15) is 35.0 Å². The Balaban J connectivity index is 1.95. The number of nitrogens with zero attached hydrogens (tertiary/aromatic N) is 1. The van der Waals surface area contributed by atoms with E-state index in [1.54, 1.807) is 36.4 Å². The summed E-state index contributed by atoms with van der Waals surface area (Å²) in [7, 11) is 0. The number of carbonyl (C=O) groups is 1. The molecule has 0 bridgehead atoms. The molecule has 5 nitrogen and oxygen atoms in total. The van der Waals surface area contributed by atoms with E-state index in [-0.39, 0.29) is 12.2 Å². The minimum absolute atomic E-state index is 0.0219. The molecule has 150 valence electrons. The average molecular weight is 412 g/mol. The molecule has 0 atom stereocenters. The van der Waals surface area contributed by atoms with Gasteiger partial charge in [-0.25, -0.2) is 9.78 Å². The molecule has 0 fully saturated rings. The fourth-order valence-corrected chi connectivity index (χ4v) is 2.95. The normalized spacial score (nSPS) is 10.6. The van der Waals surface area contributed by atoms with Crippen molar-refractivity contribution in [2.24, 2.45) is 0 Å². The molecule has 0 aliphatic rings. The Kier molecular flexibility index (Phi) is 6.73. The number of carboxylic acids is 1. The first-order chi connectivity index (χ1) is 14.0. The van der Waals surface area contributed by atoms with Gasteiger partial charge in [-0.3, -0.25) is 0 Å². The van der Waals surface area contributed by atoms with Gasteiger partial charge in [-0.15, -0.1) is 0 Å². The first kappa shape index (κ1) is 20.7. The molecular weight excluding hydrogens is 390 g/mol. The highest BCUT2D eigenvalue weighted by Gasteiger charge is 2.16. The number of pyridine rings is 1. The number of hydrogen-bond acceptors (Lipinski definition) is 4. The Morgan fingerprint density at radius 2 is 1.83 bits per heavy atom. The predicted molar refractivity (Wildman–Crippen MR) is 113 cm³/mol. The number of aromatic carboxylic acids is 1. The quantitative estimate of drug-likeness (QED) is 0.509. The van der Waals surface area contributed by atoms with Gasteiger partial charge < -0.3 is 14.6 Å². The highest BCUT2D eigenvalue weighted by molar-refractivity contribution is 6.30. The first-order valence-electron chi connectivity index (χ1n) is 9.33. The van der Waals surface area contributed by atoms with Gasteiger partial charge in [0.05, 0.1) is 23.6 Å². The standard InChI is InChI=1S/C23H22ClNO4/c1-3-12-28-22-11-4-15(2)13-19(22)20-10-9-18(23(26)27)21(25-20)14-29-17-7-5-16(24)6-8-17/h4-11,13H,3,12,14H2,1-2H3,(H,26,27). The third kappa shape index (κ3) is 5.27. The Labute approximate surface area is 174 Å². The van der Waals surface area contributed by atoms with Crippen LogP contribution in [0.3, 0.4) is 0 Å². The molecule has 29 heavy (non-hydrogen) atoms. The van der Waals surface area contributed by atoms with Gasteiger partial charge in [-0.05, 0) is 61.9 Å². The monoisotopic (exact) mass is 411 g/mol. The van der Waals surface area contributed by atoms with Gasteiger partial charge >= 0.3 is 5.97 Å². The lowest BCUT2D eigenvalue weighted by Crippen LogP contribution is -2.09. The second kappa shape index (κ2) is 9.43. The van der Waals surface area contributed by atoms with Gasteiger partial charge in [0.25, 0.3) is 0 Å². The summed E-state index contributed by atoms with van der Waals surface area (Å²) in [6, 6.07) is 16.0. The number of hydrogen-bond donors (Lipinski definition) is 1. The third-order valence-electron chi connectivity index (χ3n) is 4.27. The summed E-state index contributed by atoms with van der Waals surface area (Å²) in [5, 5.41) is 10.1. The van der Waals surface area contributed by atoms with Crippen molar-refractivity contribution >= 4 is 17.6 Å². The molecule has 0 amide bonds. The summed E-state index contributed by atoms with van der Waals surface area (Å²) in [5.74, 6) is 0.253. The van der Waals surface area contributed by atoms with Crippen LogP contribution in [0, 0.1) is 6.92 Å². The number of carboxylic acid groups (broad SMARTS) is 1. The molecule has 1 heterocycles. The fraction of sp³-hybridized carbons (Fsp3) is 0.217. The minimum Gasteiger partial charge on any atom is -0.493 e. The molecule has 0 unspecified atom stereocenters. The molecule has 1 aromatic heterocycles. The molecule has 0 aliphatic carbocycles. The Bertz CT molecular complexity index is 1000. The lowest BCUT2D eigenvalue weighted by atomic mass is 10.0. The fourth-order valence-electron chi connectivity index (χ4n) is 2.82. The molecule has 0 saturated carbocycles. The van der Waals surface area contributed by atoms with Gasteiger partial charge in [-0.1, -0.05) is 30.2 Å². The number of rotatable bonds is 8. The average Bonchev–Trinajstić information content (AvgIpc) is 2.72. The predicted octanol–water partition coefficient (Wildman–Crippen LogP) is 5.78. The topological polar surface area (TPSA) is 68.7 Å². The zero-order chi connectivity index (χ0) is 20.8. The Morgan fingerprint density at radius 3 is 2.52 bits per heavy atom. The van der Waals surface area contributed by atoms with E-state index in [0.29, 0.717) is 28.8 Å². The lowest BCUT2D eigenvalue weighted by Gasteiger charge is -2.14. The molecule has 3 aromatic rings. The van der Waals surface area contributed by atoms with E-state index in [1.165, 1.54) is 0 Å². The summed E-state index contributed by atoms with van der Waals surface area (Å²) >= 11 is 5.89. The van der Waals surface area contributed by atoms with Crippen LogP contribution in [0.25, 0.3) is 11.3 Å². The first-order valence-corrected chi connectivity index (χ1v) is 9.71. The smallest absolute Gasteiger partial charge is 0.337 e. The van der Waals surface area contributed by atoms with Crippen molar-refractivity contribution in [2.45, 2.75) is 26.9 Å². The van der Waals surface area contributed by atoms with E-state index < -0.39 is 5.97 Å². The number of benzene rings is 2. The Morgan fingerprint density at radius 1 is 1.07 bits per heavy atom. The summed E-state index contributed by atoms with van der Waals surface area (Å²) in [6.07, 6.45) is 0.888. The van der Waals surface area contributed by atoms with E-state index in [0.717, 1.165) is 23.3 Å². The van der Waals surface area contributed by atoms with Gasteiger partial charge in [0.1, 0.15) is 18.1 Å². The van der Waals surface area contributed by atoms with Crippen molar-refractivity contribution in [3.05, 3.63) is 76.4 Å². The van der Waals surface area contributed by atoms with Crippen LogP contribution in [-0.2, 0) is 6.61 Å². The lowest BCUT2D eigenvalue weighted by molar-refractivity contribution is 0.0693. The highest BCUT2D eigenvalue weighted by atomic mass is 35.5. The largest absolute Gasteiger partial charge is 0.493 e. The van der Waals surface area contributed by atoms with Gasteiger partial charge in [0, 0.05) is 10.6 Å². The van der Waals surface area contributed by atoms with Crippen molar-refractivity contribution in [3.63, 3.8) is 0 Å². The molecule has 2 aromatic carbocycles. The van der Waals surface area contributed by atoms with Crippen LogP contribution in [-0.4, -0.2) is 22.7 Å². The van der Waals surface area contributed by atoms with Crippen molar-refractivity contribution in [1.82, 2.24) is 4.98 Å². The second-order valence-electron chi connectivity index (χ2n) is 6.59. The van der Waals surface area contributed by atoms with E-state index in [4.69, 9.17) is 21.1 Å². The summed E-state index contributed by atoms with van der Waals surface area (Å²) in [6.45, 7) is 4.65. The molecular formula is C23H22ClNO4. The molecule has 6 heteroatoms. The maximum atomic E-state index is 11.7. The third-order valence-corrected chi connectivity index (χ3v) is 4.52. The molecule has 0 spiro atoms. The van der Waals surface area contributed by atoms with Crippen LogP contribution in [0.4, 0.5) is 0 Å². The van der Waals surface area contributed by atoms with E-state index in [2.05, 4.69) is 4.98 Å². The van der Waals surface area contributed by atoms with Crippen molar-refractivity contribution in [3.8, 4) is 22.8 Å². The summed E-state index contributed by atoms with van der Waals surface area (Å²) in [4.78, 5) is 16.2. The van der Waals surface area contributed by atoms with Crippen LogP contribution >= 0.6 is 11.6 Å². The maximum absolute atomic E-state index is 11.7. The van der Waals surface area contributed by atoms with E-state index in [9.17, 15) is 9.90 Å².